The van der Waals surface area contributed by atoms with E-state index in [9.17, 15) is 5.11 Å². The van der Waals surface area contributed by atoms with Gasteiger partial charge in [-0.2, -0.15) is 4.98 Å². The molecular weight excluding hydrogens is 290 g/mol. The number of aromatic nitrogens is 2. The van der Waals surface area contributed by atoms with Gasteiger partial charge >= 0.3 is 0 Å². The van der Waals surface area contributed by atoms with Crippen LogP contribution in [0.3, 0.4) is 0 Å². The van der Waals surface area contributed by atoms with E-state index in [4.69, 9.17) is 5.73 Å². The number of aliphatic hydroxyl groups excluding tert-OH is 1. The van der Waals surface area contributed by atoms with Crippen LogP contribution in [0.1, 0.15) is 31.9 Å². The molecule has 0 bridgehead atoms. The molecule has 6 heteroatoms. The van der Waals surface area contributed by atoms with Crippen molar-refractivity contribution in [2.24, 2.45) is 0 Å². The van der Waals surface area contributed by atoms with Gasteiger partial charge in [0, 0.05) is 24.2 Å². The van der Waals surface area contributed by atoms with E-state index < -0.39 is 0 Å². The highest BCUT2D eigenvalue weighted by atomic mass is 16.3. The molecule has 0 saturated carbocycles. The molecule has 1 radical (unpaired) electrons. The predicted molar refractivity (Wildman–Crippen MR) is 92.8 cm³/mol. The van der Waals surface area contributed by atoms with E-state index in [1.54, 1.807) is 6.08 Å². The first-order chi connectivity index (χ1) is 11.2. The third-order valence-corrected chi connectivity index (χ3v) is 4.45. The Morgan fingerprint density at radius 3 is 3.09 bits per heavy atom. The summed E-state index contributed by atoms with van der Waals surface area (Å²) in [6.07, 6.45) is 8.80. The number of hydrogen-bond donors (Lipinski definition) is 3. The van der Waals surface area contributed by atoms with E-state index in [1.807, 2.05) is 18.6 Å². The molecule has 23 heavy (non-hydrogen) atoms. The van der Waals surface area contributed by atoms with E-state index in [-0.39, 0.29) is 11.7 Å². The third-order valence-electron chi connectivity index (χ3n) is 4.45. The molecule has 2 aliphatic rings. The molecule has 1 aromatic rings. The normalized spacial score (nSPS) is 21.9. The molecule has 0 amide bonds. The van der Waals surface area contributed by atoms with Gasteiger partial charge < -0.3 is 16.2 Å². The van der Waals surface area contributed by atoms with Gasteiger partial charge in [-0.15, -0.1) is 0 Å². The second-order valence-electron chi connectivity index (χ2n) is 5.94. The highest BCUT2D eigenvalue weighted by molar-refractivity contribution is 5.78. The molecule has 4 N–H and O–H groups in total. The first kappa shape index (κ1) is 15.8. The fraction of sp³-hybridized carbons (Fsp3) is 0.471. The number of likely N-dealkylation sites (N-methyl/N-ethyl adjacent to an activating group) is 1. The Morgan fingerprint density at radius 1 is 1.43 bits per heavy atom. The van der Waals surface area contributed by atoms with Crippen LogP contribution >= 0.6 is 0 Å². The number of rotatable bonds is 5. The van der Waals surface area contributed by atoms with E-state index >= 15 is 0 Å². The highest BCUT2D eigenvalue weighted by Gasteiger charge is 2.22. The van der Waals surface area contributed by atoms with E-state index in [1.165, 1.54) is 19.4 Å². The van der Waals surface area contributed by atoms with Crippen LogP contribution in [0.5, 0.6) is 0 Å². The Labute approximate surface area is 137 Å². The largest absolute Gasteiger partial charge is 0.508 e. The monoisotopic (exact) mass is 314 g/mol. The Morgan fingerprint density at radius 2 is 2.30 bits per heavy atom. The fourth-order valence-electron chi connectivity index (χ4n) is 3.24. The molecule has 2 heterocycles. The van der Waals surface area contributed by atoms with Gasteiger partial charge in [-0.3, -0.25) is 4.90 Å². The number of allylic oxidation sites excluding steroid dienone is 3. The van der Waals surface area contributed by atoms with E-state index in [0.29, 0.717) is 23.1 Å². The molecule has 1 saturated heterocycles. The second kappa shape index (κ2) is 7.00. The minimum atomic E-state index is 0.211. The maximum absolute atomic E-state index is 10.0. The lowest BCUT2D eigenvalue weighted by atomic mass is 10.0. The summed E-state index contributed by atoms with van der Waals surface area (Å²) in [6, 6.07) is 2.38. The lowest BCUT2D eigenvalue weighted by Crippen LogP contribution is -2.34. The van der Waals surface area contributed by atoms with Crippen LogP contribution in [0.2, 0.25) is 0 Å². The molecule has 123 valence electrons. The Balaban J connectivity index is 1.73. The quantitative estimate of drug-likeness (QED) is 0.773. The van der Waals surface area contributed by atoms with Crippen LogP contribution in [0.4, 0.5) is 11.8 Å². The molecule has 3 rings (SSSR count). The van der Waals surface area contributed by atoms with Crippen molar-refractivity contribution in [3.8, 4) is 0 Å². The van der Waals surface area contributed by atoms with E-state index in [2.05, 4.69) is 27.1 Å². The summed E-state index contributed by atoms with van der Waals surface area (Å²) in [4.78, 5) is 11.0. The van der Waals surface area contributed by atoms with Gasteiger partial charge in [0.05, 0.1) is 5.69 Å². The fourth-order valence-corrected chi connectivity index (χ4v) is 3.24. The van der Waals surface area contributed by atoms with Gasteiger partial charge in [0.25, 0.3) is 0 Å². The number of hydrogen-bond acceptors (Lipinski definition) is 6. The maximum atomic E-state index is 10.0. The molecule has 1 atom stereocenters. The molecule has 6 nitrogen and oxygen atoms in total. The number of nitrogen functional groups attached to an aromatic ring is 1. The van der Waals surface area contributed by atoms with Crippen molar-refractivity contribution >= 4 is 17.3 Å². The zero-order valence-electron chi connectivity index (χ0n) is 13.5. The second-order valence-corrected chi connectivity index (χ2v) is 5.94. The van der Waals surface area contributed by atoms with Gasteiger partial charge in [-0.1, -0.05) is 13.0 Å². The topological polar surface area (TPSA) is 87.3 Å². The number of nitrogens with one attached hydrogen (secondary N) is 1. The first-order valence-electron chi connectivity index (χ1n) is 8.23. The Kier molecular flexibility index (Phi) is 4.81. The zero-order chi connectivity index (χ0) is 16.2. The van der Waals surface area contributed by atoms with Crippen LogP contribution in [0, 0.1) is 6.42 Å². The van der Waals surface area contributed by atoms with Crippen LogP contribution in [0.15, 0.2) is 24.0 Å². The van der Waals surface area contributed by atoms with Gasteiger partial charge in [-0.05, 0) is 44.8 Å². The number of nitrogens with two attached hydrogens (primary N) is 1. The summed E-state index contributed by atoms with van der Waals surface area (Å²) in [6.45, 7) is 5.28. The summed E-state index contributed by atoms with van der Waals surface area (Å²) in [5.74, 6) is 1.15. The summed E-state index contributed by atoms with van der Waals surface area (Å²) < 4.78 is 0. The highest BCUT2D eigenvalue weighted by Crippen LogP contribution is 2.26. The minimum Gasteiger partial charge on any atom is -0.508 e. The third kappa shape index (κ3) is 3.64. The van der Waals surface area contributed by atoms with Gasteiger partial charge in [0.15, 0.2) is 0 Å². The van der Waals surface area contributed by atoms with Crippen molar-refractivity contribution in [2.75, 3.05) is 30.7 Å². The van der Waals surface area contributed by atoms with Crippen LogP contribution < -0.4 is 11.1 Å². The summed E-state index contributed by atoms with van der Waals surface area (Å²) in [5.41, 5.74) is 7.16. The zero-order valence-corrected chi connectivity index (χ0v) is 13.5. The summed E-state index contributed by atoms with van der Waals surface area (Å²) in [7, 11) is 0. The van der Waals surface area contributed by atoms with Crippen LogP contribution in [0.25, 0.3) is 5.57 Å². The SMILES string of the molecule is CCN1CCCC1CNc1cc(C2=C[CH]CC=C2O)nc(N)n1. The van der Waals surface area contributed by atoms with Crippen molar-refractivity contribution in [3.63, 3.8) is 0 Å². The number of likely N-dealkylation sites (tertiary alicyclic amines) is 1. The molecule has 1 fully saturated rings. The molecule has 1 unspecified atom stereocenters. The van der Waals surface area contributed by atoms with E-state index in [0.717, 1.165) is 19.5 Å². The van der Waals surface area contributed by atoms with Crippen LogP contribution in [-0.4, -0.2) is 45.7 Å². The summed E-state index contributed by atoms with van der Waals surface area (Å²) in [5, 5.41) is 13.4. The van der Waals surface area contributed by atoms with Crippen molar-refractivity contribution < 1.29 is 5.11 Å². The lowest BCUT2D eigenvalue weighted by Gasteiger charge is -2.23. The lowest BCUT2D eigenvalue weighted by molar-refractivity contribution is 0.277. The number of nitrogens with zero attached hydrogens (tertiary/aromatic N) is 3. The molecule has 1 aliphatic carbocycles. The van der Waals surface area contributed by atoms with Gasteiger partial charge in [0.2, 0.25) is 5.95 Å². The molecular formula is C17H24N5O. The number of aliphatic hydroxyl groups is 1. The van der Waals surface area contributed by atoms with Crippen molar-refractivity contribution in [3.05, 3.63) is 36.1 Å². The van der Waals surface area contributed by atoms with Gasteiger partial charge in [0.1, 0.15) is 11.6 Å². The minimum absolute atomic E-state index is 0.211. The molecule has 0 aromatic carbocycles. The maximum Gasteiger partial charge on any atom is 0.222 e. The first-order valence-corrected chi connectivity index (χ1v) is 8.23. The van der Waals surface area contributed by atoms with Crippen LogP contribution in [-0.2, 0) is 0 Å². The van der Waals surface area contributed by atoms with Crippen molar-refractivity contribution in [1.82, 2.24) is 14.9 Å². The molecule has 0 spiro atoms. The average Bonchev–Trinajstić information content (AvgIpc) is 3.00. The van der Waals surface area contributed by atoms with Crippen molar-refractivity contribution in [2.45, 2.75) is 32.2 Å². The smallest absolute Gasteiger partial charge is 0.222 e. The predicted octanol–water partition coefficient (Wildman–Crippen LogP) is 2.39. The Bertz CT molecular complexity index is 625. The molecule has 1 aliphatic heterocycles. The van der Waals surface area contributed by atoms with Crippen molar-refractivity contribution in [1.29, 1.82) is 0 Å². The summed E-state index contributed by atoms with van der Waals surface area (Å²) >= 11 is 0. The average molecular weight is 314 g/mol. The Hall–Kier alpha value is -2.08. The number of anilines is 2. The van der Waals surface area contributed by atoms with Gasteiger partial charge in [-0.25, -0.2) is 4.98 Å². The standard InChI is InChI=1S/C17H24N5O/c1-2-22-9-5-6-12(22)11-19-16-10-14(20-17(18)21-16)13-7-3-4-8-15(13)23/h3,7-8,10,12,23H,2,4-6,9,11H2,1H3,(H3,18,19,20,21). The molecule has 1 aromatic heterocycles.